The Morgan fingerprint density at radius 2 is 2.36 bits per heavy atom. The third-order valence-electron chi connectivity index (χ3n) is 1.78. The molecule has 1 aromatic heterocycles. The molecule has 0 aliphatic carbocycles. The fourth-order valence-electron chi connectivity index (χ4n) is 1.04. The van der Waals surface area contributed by atoms with E-state index in [1.54, 1.807) is 6.20 Å². The Morgan fingerprint density at radius 3 is 2.93 bits per heavy atom. The second kappa shape index (κ2) is 4.30. The van der Waals surface area contributed by atoms with Gasteiger partial charge in [0, 0.05) is 11.9 Å². The molecule has 0 radical (unpaired) electrons. The van der Waals surface area contributed by atoms with Crippen LogP contribution in [0.2, 0.25) is 0 Å². The molecule has 1 rings (SSSR count). The summed E-state index contributed by atoms with van der Waals surface area (Å²) in [6.45, 7) is 3.73. The van der Waals surface area contributed by atoms with Crippen molar-refractivity contribution in [3.63, 3.8) is 0 Å². The van der Waals surface area contributed by atoms with Gasteiger partial charge in [0.2, 0.25) is 0 Å². The molecule has 1 heterocycles. The summed E-state index contributed by atoms with van der Waals surface area (Å²) in [6.07, 6.45) is 6.78. The van der Waals surface area contributed by atoms with Crippen LogP contribution in [0.5, 0.6) is 0 Å². The fraction of sp³-hybridized carbons (Fsp3) is 0.273. The SMILES string of the molecule is C#CC(C)Nc1cc(C)ncc1C#N. The molecular formula is C11H11N3. The van der Waals surface area contributed by atoms with Gasteiger partial charge >= 0.3 is 0 Å². The Bertz CT molecular complexity index is 410. The van der Waals surface area contributed by atoms with Gasteiger partial charge in [0.15, 0.2) is 0 Å². The third-order valence-corrected chi connectivity index (χ3v) is 1.78. The quantitative estimate of drug-likeness (QED) is 0.713. The van der Waals surface area contributed by atoms with E-state index in [0.29, 0.717) is 5.56 Å². The van der Waals surface area contributed by atoms with E-state index < -0.39 is 0 Å². The lowest BCUT2D eigenvalue weighted by atomic mass is 10.2. The standard InChI is InChI=1S/C11H11N3/c1-4-8(2)14-11-5-9(3)13-7-10(11)6-12/h1,5,7-8H,2-3H3,(H,13,14). The zero-order valence-electron chi connectivity index (χ0n) is 8.20. The molecule has 0 aliphatic rings. The monoisotopic (exact) mass is 185 g/mol. The lowest BCUT2D eigenvalue weighted by Crippen LogP contribution is -2.13. The summed E-state index contributed by atoms with van der Waals surface area (Å²) in [7, 11) is 0. The van der Waals surface area contributed by atoms with Crippen molar-refractivity contribution in [1.29, 1.82) is 5.26 Å². The lowest BCUT2D eigenvalue weighted by Gasteiger charge is -2.10. The number of hydrogen-bond donors (Lipinski definition) is 1. The fourth-order valence-corrected chi connectivity index (χ4v) is 1.04. The topological polar surface area (TPSA) is 48.7 Å². The maximum atomic E-state index is 8.81. The van der Waals surface area contributed by atoms with Crippen molar-refractivity contribution in [3.8, 4) is 18.4 Å². The van der Waals surface area contributed by atoms with Crippen LogP contribution >= 0.6 is 0 Å². The minimum absolute atomic E-state index is 0.0936. The number of pyridine rings is 1. The molecule has 1 unspecified atom stereocenters. The second-order valence-electron chi connectivity index (χ2n) is 3.02. The first-order chi connectivity index (χ1) is 6.67. The molecule has 0 aromatic carbocycles. The van der Waals surface area contributed by atoms with Gasteiger partial charge in [0.25, 0.3) is 0 Å². The molecule has 70 valence electrons. The van der Waals surface area contributed by atoms with Crippen molar-refractivity contribution in [2.24, 2.45) is 0 Å². The summed E-state index contributed by atoms with van der Waals surface area (Å²) in [5.74, 6) is 2.54. The van der Waals surface area contributed by atoms with E-state index >= 15 is 0 Å². The predicted molar refractivity (Wildman–Crippen MR) is 55.6 cm³/mol. The summed E-state index contributed by atoms with van der Waals surface area (Å²) in [4.78, 5) is 4.03. The highest BCUT2D eigenvalue weighted by Gasteiger charge is 2.04. The molecule has 0 bridgehead atoms. The van der Waals surface area contributed by atoms with E-state index in [4.69, 9.17) is 11.7 Å². The van der Waals surface area contributed by atoms with Crippen molar-refractivity contribution in [3.05, 3.63) is 23.5 Å². The highest BCUT2D eigenvalue weighted by molar-refractivity contribution is 5.58. The van der Waals surface area contributed by atoms with Crippen molar-refractivity contribution in [2.75, 3.05) is 5.32 Å². The minimum atomic E-state index is -0.0936. The first-order valence-corrected chi connectivity index (χ1v) is 4.26. The largest absolute Gasteiger partial charge is 0.371 e. The average Bonchev–Trinajstić information content (AvgIpc) is 2.18. The summed E-state index contributed by atoms with van der Waals surface area (Å²) < 4.78 is 0. The predicted octanol–water partition coefficient (Wildman–Crippen LogP) is 1.70. The van der Waals surface area contributed by atoms with E-state index in [9.17, 15) is 0 Å². The number of aromatic nitrogens is 1. The summed E-state index contributed by atoms with van der Waals surface area (Å²) in [5.41, 5.74) is 2.11. The van der Waals surface area contributed by atoms with Crippen molar-refractivity contribution in [2.45, 2.75) is 19.9 Å². The van der Waals surface area contributed by atoms with Gasteiger partial charge in [0.1, 0.15) is 6.07 Å². The van der Waals surface area contributed by atoms with Gasteiger partial charge in [-0.15, -0.1) is 6.42 Å². The second-order valence-corrected chi connectivity index (χ2v) is 3.02. The van der Waals surface area contributed by atoms with Crippen LogP contribution in [0.4, 0.5) is 5.69 Å². The van der Waals surface area contributed by atoms with Crippen LogP contribution in [0, 0.1) is 30.6 Å². The molecule has 0 saturated heterocycles. The molecule has 1 atom stereocenters. The Kier molecular flexibility index (Phi) is 3.09. The van der Waals surface area contributed by atoms with E-state index in [1.807, 2.05) is 19.9 Å². The van der Waals surface area contributed by atoms with Gasteiger partial charge in [0.05, 0.1) is 17.3 Å². The molecule has 0 spiro atoms. The van der Waals surface area contributed by atoms with Gasteiger partial charge in [-0.05, 0) is 19.9 Å². The maximum absolute atomic E-state index is 8.81. The molecule has 0 aliphatic heterocycles. The Morgan fingerprint density at radius 1 is 1.64 bits per heavy atom. The van der Waals surface area contributed by atoms with Gasteiger partial charge in [-0.25, -0.2) is 0 Å². The first-order valence-electron chi connectivity index (χ1n) is 4.26. The normalized spacial score (nSPS) is 11.1. The van der Waals surface area contributed by atoms with Crippen molar-refractivity contribution < 1.29 is 0 Å². The molecule has 1 aromatic rings. The van der Waals surface area contributed by atoms with Crippen LogP contribution in [-0.2, 0) is 0 Å². The number of anilines is 1. The van der Waals surface area contributed by atoms with Crippen LogP contribution in [0.15, 0.2) is 12.3 Å². The molecule has 3 heteroatoms. The maximum Gasteiger partial charge on any atom is 0.103 e. The average molecular weight is 185 g/mol. The van der Waals surface area contributed by atoms with Crippen LogP contribution in [0.25, 0.3) is 0 Å². The van der Waals surface area contributed by atoms with Crippen LogP contribution in [0.3, 0.4) is 0 Å². The zero-order chi connectivity index (χ0) is 10.6. The molecule has 14 heavy (non-hydrogen) atoms. The van der Waals surface area contributed by atoms with Gasteiger partial charge < -0.3 is 5.32 Å². The van der Waals surface area contributed by atoms with Gasteiger partial charge in [-0.3, -0.25) is 4.98 Å². The molecule has 3 nitrogen and oxygen atoms in total. The Hall–Kier alpha value is -2.00. The summed E-state index contributed by atoms with van der Waals surface area (Å²) >= 11 is 0. The van der Waals surface area contributed by atoms with E-state index in [2.05, 4.69) is 22.3 Å². The molecular weight excluding hydrogens is 174 g/mol. The minimum Gasteiger partial charge on any atom is -0.371 e. The van der Waals surface area contributed by atoms with Crippen molar-refractivity contribution >= 4 is 5.69 Å². The number of nitrogens with one attached hydrogen (secondary N) is 1. The number of nitrogens with zero attached hydrogens (tertiary/aromatic N) is 2. The van der Waals surface area contributed by atoms with Crippen LogP contribution < -0.4 is 5.32 Å². The third kappa shape index (κ3) is 2.24. The molecule has 0 fully saturated rings. The lowest BCUT2D eigenvalue weighted by molar-refractivity contribution is 1.03. The number of rotatable bonds is 2. The van der Waals surface area contributed by atoms with E-state index in [1.165, 1.54) is 0 Å². The van der Waals surface area contributed by atoms with Gasteiger partial charge in [-0.1, -0.05) is 5.92 Å². The van der Waals surface area contributed by atoms with Crippen molar-refractivity contribution in [1.82, 2.24) is 4.98 Å². The molecule has 1 N–H and O–H groups in total. The number of nitriles is 1. The summed E-state index contributed by atoms with van der Waals surface area (Å²) in [6, 6.07) is 3.78. The zero-order valence-corrected chi connectivity index (χ0v) is 8.20. The van der Waals surface area contributed by atoms with E-state index in [-0.39, 0.29) is 6.04 Å². The van der Waals surface area contributed by atoms with Crippen LogP contribution in [0.1, 0.15) is 18.2 Å². The molecule has 0 amide bonds. The van der Waals surface area contributed by atoms with Gasteiger partial charge in [-0.2, -0.15) is 5.26 Å². The summed E-state index contributed by atoms with van der Waals surface area (Å²) in [5, 5.41) is 11.9. The number of terminal acetylenes is 1. The number of hydrogen-bond acceptors (Lipinski definition) is 3. The highest BCUT2D eigenvalue weighted by atomic mass is 14.9. The van der Waals surface area contributed by atoms with E-state index in [0.717, 1.165) is 11.4 Å². The molecule has 0 saturated carbocycles. The Labute approximate surface area is 83.8 Å². The Balaban J connectivity index is 3.02. The van der Waals surface area contributed by atoms with Crippen LogP contribution in [-0.4, -0.2) is 11.0 Å². The highest BCUT2D eigenvalue weighted by Crippen LogP contribution is 2.15. The first kappa shape index (κ1) is 10.1. The number of aryl methyl sites for hydroxylation is 1. The smallest absolute Gasteiger partial charge is 0.103 e.